The molecule has 0 rings (SSSR count). The van der Waals surface area contributed by atoms with Crippen LogP contribution in [0.1, 0.15) is 0 Å². The van der Waals surface area contributed by atoms with Crippen molar-refractivity contribution >= 4 is 0 Å². The van der Waals surface area contributed by atoms with E-state index in [0.29, 0.717) is 0 Å². The number of hydrogen-bond acceptors (Lipinski definition) is 1. The molecule has 0 bridgehead atoms. The molecule has 0 aliphatic rings. The minimum absolute atomic E-state index is 1.40. The fourth-order valence-electron chi connectivity index (χ4n) is 0.837. The molecule has 16 heteroatoms. The van der Waals surface area contributed by atoms with E-state index >= 15 is 0 Å². The third kappa shape index (κ3) is 3.40. The van der Waals surface area contributed by atoms with E-state index < -0.39 is 42.6 Å². The van der Waals surface area contributed by atoms with Gasteiger partial charge in [-0.15, -0.1) is 0 Å². The first-order valence-corrected chi connectivity index (χ1v) is 4.59. The Bertz CT molecular complexity index is 420. The second kappa shape index (κ2) is 5.47. The van der Waals surface area contributed by atoms with E-state index in [4.69, 9.17) is 0 Å². The minimum Gasteiger partial charge on any atom is -0.246 e. The van der Waals surface area contributed by atoms with Gasteiger partial charge in [-0.2, -0.15) is 57.1 Å². The van der Waals surface area contributed by atoms with Crippen molar-refractivity contribution in [3.63, 3.8) is 0 Å². The summed E-state index contributed by atoms with van der Waals surface area (Å²) in [5.41, 5.74) is 0. The van der Waals surface area contributed by atoms with Crippen LogP contribution < -0.4 is 0 Å². The Labute approximate surface area is 115 Å². The number of halogens is 15. The van der Waals surface area contributed by atoms with E-state index in [1.807, 2.05) is 0 Å². The van der Waals surface area contributed by atoms with E-state index in [1.54, 1.807) is 0 Å². The lowest BCUT2D eigenvalue weighted by molar-refractivity contribution is -0.496. The number of rotatable bonds is 6. The quantitative estimate of drug-likeness (QED) is 0.589. The molecule has 0 aromatic carbocycles. The van der Waals surface area contributed by atoms with E-state index in [9.17, 15) is 65.9 Å². The van der Waals surface area contributed by atoms with Crippen LogP contribution in [-0.4, -0.2) is 42.6 Å². The number of alkyl halides is 15. The standard InChI is InChI=1S/C7HF15O/c8-1(9)2(10,11)23-7(21,22)5(16,17)3(12,13)4(14,15)6(18,19)20/h1H. The van der Waals surface area contributed by atoms with Crippen LogP contribution in [0.15, 0.2) is 0 Å². The van der Waals surface area contributed by atoms with Crippen LogP contribution in [-0.2, 0) is 4.74 Å². The first-order valence-electron chi connectivity index (χ1n) is 4.59. The van der Waals surface area contributed by atoms with Crippen LogP contribution in [0, 0.1) is 0 Å². The van der Waals surface area contributed by atoms with Gasteiger partial charge >= 0.3 is 42.6 Å². The molecule has 1 nitrogen and oxygen atoms in total. The highest BCUT2D eigenvalue weighted by Gasteiger charge is 2.88. The molecule has 0 atom stereocenters. The fourth-order valence-corrected chi connectivity index (χ4v) is 0.837. The van der Waals surface area contributed by atoms with E-state index in [2.05, 4.69) is 0 Å². The highest BCUT2D eigenvalue weighted by Crippen LogP contribution is 2.58. The molecule has 0 saturated heterocycles. The molecule has 0 unspecified atom stereocenters. The fraction of sp³-hybridized carbons (Fsp3) is 1.00. The summed E-state index contributed by atoms with van der Waals surface area (Å²) in [5, 5.41) is 0. The van der Waals surface area contributed by atoms with Gasteiger partial charge in [0.1, 0.15) is 0 Å². The van der Waals surface area contributed by atoms with Gasteiger partial charge < -0.3 is 0 Å². The molecule has 0 aromatic rings. The maximum Gasteiger partial charge on any atom is 0.460 e. The average Bonchev–Trinajstić information content (AvgIpc) is 2.24. The summed E-state index contributed by atoms with van der Waals surface area (Å²) in [4.78, 5) is 0. The molecule has 0 heterocycles. The summed E-state index contributed by atoms with van der Waals surface area (Å²) >= 11 is 0. The molecule has 0 N–H and O–H groups in total. The third-order valence-corrected chi connectivity index (χ3v) is 2.03. The Balaban J connectivity index is 5.95. The van der Waals surface area contributed by atoms with Crippen molar-refractivity contribution in [1.29, 1.82) is 0 Å². The highest BCUT2D eigenvalue weighted by molar-refractivity contribution is 5.04. The van der Waals surface area contributed by atoms with Crippen LogP contribution in [0.25, 0.3) is 0 Å². The van der Waals surface area contributed by atoms with Crippen LogP contribution in [0.4, 0.5) is 65.9 Å². The van der Waals surface area contributed by atoms with Gasteiger partial charge in [0.25, 0.3) is 0 Å². The summed E-state index contributed by atoms with van der Waals surface area (Å²) in [6.07, 6.45) is -26.9. The van der Waals surface area contributed by atoms with Crippen molar-refractivity contribution in [2.75, 3.05) is 0 Å². The SMILES string of the molecule is FC(F)C(F)(F)OC(F)(F)C(F)(F)C(F)(F)C(F)(F)C(F)(F)F. The van der Waals surface area contributed by atoms with E-state index in [0.717, 1.165) is 0 Å². The predicted molar refractivity (Wildman–Crippen MR) is 37.9 cm³/mol. The van der Waals surface area contributed by atoms with Crippen molar-refractivity contribution in [2.24, 2.45) is 0 Å². The molecule has 0 aliphatic heterocycles. The molecule has 0 radical (unpaired) electrons. The first-order chi connectivity index (χ1) is 9.65. The smallest absolute Gasteiger partial charge is 0.246 e. The van der Waals surface area contributed by atoms with Crippen molar-refractivity contribution in [3.05, 3.63) is 0 Å². The highest BCUT2D eigenvalue weighted by atomic mass is 19.4. The van der Waals surface area contributed by atoms with Gasteiger partial charge in [0.05, 0.1) is 0 Å². The average molecular weight is 386 g/mol. The molecular weight excluding hydrogens is 385 g/mol. The van der Waals surface area contributed by atoms with Gasteiger partial charge in [-0.3, -0.25) is 0 Å². The lowest BCUT2D eigenvalue weighted by atomic mass is 10.0. The molecule has 0 aliphatic carbocycles. The number of ether oxygens (including phenoxy) is 1. The Hall–Kier alpha value is -1.09. The summed E-state index contributed by atoms with van der Waals surface area (Å²) in [5.74, 6) is -23.8. The normalized spacial score (nSPS) is 16.2. The maximum atomic E-state index is 12.6. The molecular formula is C7HF15O. The summed E-state index contributed by atoms with van der Waals surface area (Å²) in [6.45, 7) is 0. The van der Waals surface area contributed by atoms with Gasteiger partial charge in [0.15, 0.2) is 0 Å². The first kappa shape index (κ1) is 21.9. The second-order valence-corrected chi connectivity index (χ2v) is 3.70. The van der Waals surface area contributed by atoms with Gasteiger partial charge in [-0.25, -0.2) is 13.5 Å². The zero-order valence-corrected chi connectivity index (χ0v) is 9.66. The largest absolute Gasteiger partial charge is 0.460 e. The number of hydrogen-bond donors (Lipinski definition) is 0. The third-order valence-electron chi connectivity index (χ3n) is 2.03. The summed E-state index contributed by atoms with van der Waals surface area (Å²) < 4.78 is 183. The second-order valence-electron chi connectivity index (χ2n) is 3.70. The Morgan fingerprint density at radius 1 is 0.522 bits per heavy atom. The Morgan fingerprint density at radius 2 is 0.870 bits per heavy atom. The van der Waals surface area contributed by atoms with Crippen molar-refractivity contribution < 1.29 is 70.6 Å². The van der Waals surface area contributed by atoms with E-state index in [1.165, 1.54) is 4.74 Å². The molecule has 0 aromatic heterocycles. The zero-order chi connectivity index (χ0) is 19.3. The van der Waals surface area contributed by atoms with Gasteiger partial charge in [0, 0.05) is 0 Å². The summed E-state index contributed by atoms with van der Waals surface area (Å²) in [6, 6.07) is 0. The lowest BCUT2D eigenvalue weighted by Crippen LogP contribution is -2.67. The Morgan fingerprint density at radius 3 is 1.13 bits per heavy atom. The molecule has 0 amide bonds. The van der Waals surface area contributed by atoms with Crippen molar-refractivity contribution in [1.82, 2.24) is 0 Å². The molecule has 140 valence electrons. The van der Waals surface area contributed by atoms with Crippen molar-refractivity contribution in [2.45, 2.75) is 42.6 Å². The minimum atomic E-state index is -8.03. The van der Waals surface area contributed by atoms with Crippen LogP contribution in [0.3, 0.4) is 0 Å². The van der Waals surface area contributed by atoms with E-state index in [-0.39, 0.29) is 0 Å². The van der Waals surface area contributed by atoms with Crippen LogP contribution in [0.2, 0.25) is 0 Å². The van der Waals surface area contributed by atoms with Crippen LogP contribution >= 0.6 is 0 Å². The summed E-state index contributed by atoms with van der Waals surface area (Å²) in [7, 11) is 0. The monoisotopic (exact) mass is 386 g/mol. The molecule has 0 saturated carbocycles. The van der Waals surface area contributed by atoms with Crippen molar-refractivity contribution in [3.8, 4) is 0 Å². The molecule has 0 spiro atoms. The molecule has 23 heavy (non-hydrogen) atoms. The van der Waals surface area contributed by atoms with Gasteiger partial charge in [-0.05, 0) is 0 Å². The van der Waals surface area contributed by atoms with Gasteiger partial charge in [0.2, 0.25) is 0 Å². The topological polar surface area (TPSA) is 9.23 Å². The lowest BCUT2D eigenvalue weighted by Gasteiger charge is -2.37. The van der Waals surface area contributed by atoms with Gasteiger partial charge in [-0.1, -0.05) is 0 Å². The van der Waals surface area contributed by atoms with Crippen LogP contribution in [0.5, 0.6) is 0 Å². The Kier molecular flexibility index (Phi) is 5.22. The maximum absolute atomic E-state index is 12.6. The zero-order valence-electron chi connectivity index (χ0n) is 9.66. The molecule has 0 fully saturated rings. The predicted octanol–water partition coefficient (Wildman–Crippen LogP) is 4.92.